The number of hydrogen-bond donors (Lipinski definition) is 0. The Labute approximate surface area is 167 Å². The molecule has 0 saturated carbocycles. The van der Waals surface area contributed by atoms with E-state index in [4.69, 9.17) is 0 Å². The number of piperidine rings is 1. The van der Waals surface area contributed by atoms with E-state index >= 15 is 0 Å². The van der Waals surface area contributed by atoms with E-state index < -0.39 is 0 Å². The third-order valence-electron chi connectivity index (χ3n) is 4.64. The molecule has 1 aromatic rings. The number of carbonyl (C=O) groups is 1. The van der Waals surface area contributed by atoms with Gasteiger partial charge < -0.3 is 15.3 Å². The fraction of sp³-hybridized carbons (Fsp3) is 0.588. The normalized spacial score (nSPS) is 19.3. The SMILES string of the molecule is CN(C)CCN1CCC2(CC1)SCC(=O)N2c1ccccc1.Cl.Cl.O. The van der Waals surface area contributed by atoms with Crippen molar-refractivity contribution in [3.63, 3.8) is 0 Å². The Hall–Kier alpha value is -0.500. The number of amides is 1. The number of likely N-dealkylation sites (tertiary alicyclic amines) is 1. The molecule has 2 heterocycles. The van der Waals surface area contributed by atoms with Crippen LogP contribution in [0.1, 0.15) is 12.8 Å². The molecule has 0 bridgehead atoms. The molecule has 3 rings (SSSR count). The average Bonchev–Trinajstić information content (AvgIpc) is 2.84. The summed E-state index contributed by atoms with van der Waals surface area (Å²) in [4.78, 5) is 19.2. The van der Waals surface area contributed by atoms with Crippen LogP contribution in [-0.4, -0.2) is 72.1 Å². The Morgan fingerprint density at radius 2 is 1.72 bits per heavy atom. The maximum atomic E-state index is 12.4. The second-order valence-corrected chi connectivity index (χ2v) is 7.78. The predicted molar refractivity (Wildman–Crippen MR) is 111 cm³/mol. The second-order valence-electron chi connectivity index (χ2n) is 6.44. The molecule has 0 radical (unpaired) electrons. The Bertz CT molecular complexity index is 526. The molecule has 144 valence electrons. The molecule has 0 atom stereocenters. The summed E-state index contributed by atoms with van der Waals surface area (Å²) in [5, 5.41) is 0. The van der Waals surface area contributed by atoms with Crippen LogP contribution in [-0.2, 0) is 4.79 Å². The van der Waals surface area contributed by atoms with Gasteiger partial charge in [-0.15, -0.1) is 36.6 Å². The predicted octanol–water partition coefficient (Wildman–Crippen LogP) is 2.14. The molecule has 2 aliphatic rings. The minimum absolute atomic E-state index is 0. The standard InChI is InChI=1S/C17H25N3OS.2ClH.H2O/c1-18(2)12-13-19-10-8-17(9-11-19)20(16(21)14-22-17)15-6-4-3-5-7-15;;;/h3-7H,8-14H2,1-2H3;2*1H;1H2. The number of para-hydroxylation sites is 1. The average molecular weight is 410 g/mol. The van der Waals surface area contributed by atoms with E-state index in [1.165, 1.54) is 0 Å². The number of thioether (sulfide) groups is 1. The van der Waals surface area contributed by atoms with Crippen LogP contribution in [0.4, 0.5) is 5.69 Å². The molecule has 0 aromatic heterocycles. The van der Waals surface area contributed by atoms with Crippen molar-refractivity contribution in [1.82, 2.24) is 9.80 Å². The van der Waals surface area contributed by atoms with E-state index in [2.05, 4.69) is 40.9 Å². The van der Waals surface area contributed by atoms with E-state index in [1.807, 2.05) is 30.0 Å². The molecular weight excluding hydrogens is 381 g/mol. The highest BCUT2D eigenvalue weighted by Crippen LogP contribution is 2.46. The van der Waals surface area contributed by atoms with E-state index in [0.29, 0.717) is 5.75 Å². The molecule has 2 saturated heterocycles. The van der Waals surface area contributed by atoms with Gasteiger partial charge in [-0.3, -0.25) is 9.69 Å². The smallest absolute Gasteiger partial charge is 0.238 e. The highest BCUT2D eigenvalue weighted by molar-refractivity contribution is 8.02. The monoisotopic (exact) mass is 409 g/mol. The zero-order valence-corrected chi connectivity index (χ0v) is 17.3. The summed E-state index contributed by atoms with van der Waals surface area (Å²) in [7, 11) is 4.24. The second kappa shape index (κ2) is 10.6. The van der Waals surface area contributed by atoms with Gasteiger partial charge in [0.25, 0.3) is 0 Å². The van der Waals surface area contributed by atoms with Crippen molar-refractivity contribution >= 4 is 48.2 Å². The lowest BCUT2D eigenvalue weighted by Crippen LogP contribution is -2.52. The van der Waals surface area contributed by atoms with E-state index in [-0.39, 0.29) is 41.1 Å². The zero-order valence-electron chi connectivity index (χ0n) is 14.8. The summed E-state index contributed by atoms with van der Waals surface area (Å²) in [6.07, 6.45) is 2.12. The molecule has 1 spiro atoms. The van der Waals surface area contributed by atoms with Crippen LogP contribution in [0.5, 0.6) is 0 Å². The summed E-state index contributed by atoms with van der Waals surface area (Å²) < 4.78 is 0. The molecular formula is C17H29Cl2N3O2S. The van der Waals surface area contributed by atoms with Gasteiger partial charge in [-0.1, -0.05) is 18.2 Å². The topological polar surface area (TPSA) is 58.3 Å². The molecule has 2 aliphatic heterocycles. The molecule has 0 unspecified atom stereocenters. The van der Waals surface area contributed by atoms with Gasteiger partial charge in [0, 0.05) is 31.9 Å². The van der Waals surface area contributed by atoms with E-state index in [1.54, 1.807) is 0 Å². The quantitative estimate of drug-likeness (QED) is 0.763. The molecule has 25 heavy (non-hydrogen) atoms. The largest absolute Gasteiger partial charge is 0.412 e. The van der Waals surface area contributed by atoms with Gasteiger partial charge in [0.1, 0.15) is 0 Å². The number of nitrogens with zero attached hydrogens (tertiary/aromatic N) is 3. The number of benzene rings is 1. The molecule has 2 N–H and O–H groups in total. The number of likely N-dealkylation sites (N-methyl/N-ethyl adjacent to an activating group) is 1. The van der Waals surface area contributed by atoms with Crippen LogP contribution in [0.25, 0.3) is 0 Å². The van der Waals surface area contributed by atoms with Crippen LogP contribution in [0, 0.1) is 0 Å². The minimum Gasteiger partial charge on any atom is -0.412 e. The van der Waals surface area contributed by atoms with E-state index in [9.17, 15) is 4.79 Å². The lowest BCUT2D eigenvalue weighted by molar-refractivity contribution is -0.116. The summed E-state index contributed by atoms with van der Waals surface area (Å²) in [6, 6.07) is 10.2. The van der Waals surface area contributed by atoms with Gasteiger partial charge in [-0.05, 0) is 39.1 Å². The lowest BCUT2D eigenvalue weighted by atomic mass is 10.0. The van der Waals surface area contributed by atoms with Crippen molar-refractivity contribution in [1.29, 1.82) is 0 Å². The van der Waals surface area contributed by atoms with Gasteiger partial charge >= 0.3 is 0 Å². The van der Waals surface area contributed by atoms with Gasteiger partial charge in [-0.25, -0.2) is 0 Å². The zero-order chi connectivity index (χ0) is 15.6. The van der Waals surface area contributed by atoms with Crippen LogP contribution in [0.2, 0.25) is 0 Å². The highest BCUT2D eigenvalue weighted by atomic mass is 35.5. The third-order valence-corrected chi connectivity index (χ3v) is 6.16. The highest BCUT2D eigenvalue weighted by Gasteiger charge is 2.48. The van der Waals surface area contributed by atoms with Gasteiger partial charge in [0.2, 0.25) is 5.91 Å². The number of hydrogen-bond acceptors (Lipinski definition) is 4. The van der Waals surface area contributed by atoms with Crippen molar-refractivity contribution in [3.05, 3.63) is 30.3 Å². The molecule has 5 nitrogen and oxygen atoms in total. The van der Waals surface area contributed by atoms with Crippen LogP contribution >= 0.6 is 36.6 Å². The lowest BCUT2D eigenvalue weighted by Gasteiger charge is -2.44. The fourth-order valence-corrected chi connectivity index (χ4v) is 4.67. The van der Waals surface area contributed by atoms with Crippen LogP contribution < -0.4 is 4.90 Å². The summed E-state index contributed by atoms with van der Waals surface area (Å²) >= 11 is 1.84. The van der Waals surface area contributed by atoms with E-state index in [0.717, 1.165) is 44.7 Å². The van der Waals surface area contributed by atoms with Crippen molar-refractivity contribution < 1.29 is 10.3 Å². The van der Waals surface area contributed by atoms with Crippen LogP contribution in [0.15, 0.2) is 30.3 Å². The van der Waals surface area contributed by atoms with Gasteiger partial charge in [0.05, 0.1) is 10.6 Å². The number of carbonyl (C=O) groups excluding carboxylic acids is 1. The fourth-order valence-electron chi connectivity index (χ4n) is 3.34. The van der Waals surface area contributed by atoms with Crippen molar-refractivity contribution in [2.45, 2.75) is 17.7 Å². The number of anilines is 1. The summed E-state index contributed by atoms with van der Waals surface area (Å²) in [5.74, 6) is 0.880. The Morgan fingerprint density at radius 1 is 1.12 bits per heavy atom. The van der Waals surface area contributed by atoms with Crippen molar-refractivity contribution in [2.75, 3.05) is 50.9 Å². The molecule has 0 aliphatic carbocycles. The Kier molecular flexibility index (Phi) is 10.4. The maximum absolute atomic E-state index is 12.4. The van der Waals surface area contributed by atoms with Crippen LogP contribution in [0.3, 0.4) is 0 Å². The molecule has 1 amide bonds. The van der Waals surface area contributed by atoms with Gasteiger partial charge in [-0.2, -0.15) is 0 Å². The first-order valence-electron chi connectivity index (χ1n) is 8.00. The first-order chi connectivity index (χ1) is 10.6. The number of halogens is 2. The first-order valence-corrected chi connectivity index (χ1v) is 8.98. The summed E-state index contributed by atoms with van der Waals surface area (Å²) in [5.41, 5.74) is 1.05. The van der Waals surface area contributed by atoms with Gasteiger partial charge in [0.15, 0.2) is 0 Å². The number of rotatable bonds is 4. The first kappa shape index (κ1) is 24.5. The molecule has 2 fully saturated rings. The molecule has 1 aromatic carbocycles. The van der Waals surface area contributed by atoms with Crippen molar-refractivity contribution in [3.8, 4) is 0 Å². The maximum Gasteiger partial charge on any atom is 0.238 e. The Morgan fingerprint density at radius 3 is 2.28 bits per heavy atom. The third kappa shape index (κ3) is 5.49. The molecule has 8 heteroatoms. The minimum atomic E-state index is -0.0208. The Balaban J connectivity index is 0.00000192. The summed E-state index contributed by atoms with van der Waals surface area (Å²) in [6.45, 7) is 4.38. The van der Waals surface area contributed by atoms with Crippen molar-refractivity contribution in [2.24, 2.45) is 0 Å².